The van der Waals surface area contributed by atoms with Crippen molar-refractivity contribution >= 4 is 22.5 Å². The van der Waals surface area contributed by atoms with Gasteiger partial charge in [0, 0.05) is 12.1 Å². The SMILES string of the molecule is CCCCCCCCCCCC[B-](c1ccccc1)(c1ccccc1)c1ccccc1.CC[n+]1ccccc1. The molecule has 4 rings (SSSR count). The van der Waals surface area contributed by atoms with Crippen molar-refractivity contribution in [2.45, 2.75) is 90.9 Å². The van der Waals surface area contributed by atoms with E-state index in [-0.39, 0.29) is 0 Å². The number of pyridine rings is 1. The van der Waals surface area contributed by atoms with Crippen LogP contribution in [0.4, 0.5) is 0 Å². The first kappa shape index (κ1) is 30.4. The molecule has 0 amide bonds. The van der Waals surface area contributed by atoms with Gasteiger partial charge in [-0.15, -0.1) is 0 Å². The summed E-state index contributed by atoms with van der Waals surface area (Å²) < 4.78 is 2.12. The third-order valence-corrected chi connectivity index (χ3v) is 8.24. The van der Waals surface area contributed by atoms with E-state index < -0.39 is 6.15 Å². The average Bonchev–Trinajstić information content (AvgIpc) is 3.02. The predicted molar refractivity (Wildman–Crippen MR) is 173 cm³/mol. The van der Waals surface area contributed by atoms with Crippen LogP contribution in [0.5, 0.6) is 0 Å². The fourth-order valence-electron chi connectivity index (χ4n) is 6.01. The Labute approximate surface area is 239 Å². The van der Waals surface area contributed by atoms with E-state index in [1.54, 1.807) is 0 Å². The zero-order valence-corrected chi connectivity index (χ0v) is 24.6. The van der Waals surface area contributed by atoms with Gasteiger partial charge < -0.3 is 0 Å². The van der Waals surface area contributed by atoms with Crippen molar-refractivity contribution in [3.63, 3.8) is 0 Å². The Hall–Kier alpha value is -3.13. The number of nitrogens with zero attached hydrogens (tertiary/aromatic N) is 1. The molecule has 0 bridgehead atoms. The first-order valence-corrected chi connectivity index (χ1v) is 15.6. The van der Waals surface area contributed by atoms with Crippen LogP contribution in [-0.4, -0.2) is 6.15 Å². The van der Waals surface area contributed by atoms with Crippen LogP contribution in [0.2, 0.25) is 6.32 Å². The summed E-state index contributed by atoms with van der Waals surface area (Å²) in [5.41, 5.74) is 4.41. The Kier molecular flexibility index (Phi) is 14.2. The van der Waals surface area contributed by atoms with Crippen molar-refractivity contribution in [1.82, 2.24) is 0 Å². The molecule has 0 unspecified atom stereocenters. The topological polar surface area (TPSA) is 3.88 Å². The van der Waals surface area contributed by atoms with Crippen LogP contribution in [-0.2, 0) is 6.54 Å². The molecule has 0 aliphatic rings. The van der Waals surface area contributed by atoms with Crippen LogP contribution in [0.1, 0.15) is 78.1 Å². The molecule has 4 aromatic rings. The largest absolute Gasteiger partial charge is 0.205 e. The van der Waals surface area contributed by atoms with Gasteiger partial charge in [-0.1, -0.05) is 168 Å². The monoisotopic (exact) mass is 519 g/mol. The van der Waals surface area contributed by atoms with Gasteiger partial charge in [-0.25, -0.2) is 4.57 Å². The second kappa shape index (κ2) is 18.2. The minimum absolute atomic E-state index is 0.950. The summed E-state index contributed by atoms with van der Waals surface area (Å²) in [5, 5.41) is 0. The second-order valence-electron chi connectivity index (χ2n) is 11.0. The van der Waals surface area contributed by atoms with Crippen LogP contribution < -0.4 is 21.0 Å². The quantitative estimate of drug-likeness (QED) is 0.0849. The highest BCUT2D eigenvalue weighted by molar-refractivity contribution is 7.11. The second-order valence-corrected chi connectivity index (χ2v) is 11.0. The normalized spacial score (nSPS) is 11.0. The van der Waals surface area contributed by atoms with Gasteiger partial charge in [0.25, 0.3) is 0 Å². The molecular weight excluding hydrogens is 469 g/mol. The highest BCUT2D eigenvalue weighted by Gasteiger charge is 2.29. The van der Waals surface area contributed by atoms with Crippen molar-refractivity contribution in [1.29, 1.82) is 0 Å². The smallest absolute Gasteiger partial charge is 0.168 e. The summed E-state index contributed by atoms with van der Waals surface area (Å²) in [6.07, 6.45) is 18.2. The minimum Gasteiger partial charge on any atom is -0.205 e. The lowest BCUT2D eigenvalue weighted by molar-refractivity contribution is -0.693. The number of hydrogen-bond acceptors (Lipinski definition) is 0. The maximum absolute atomic E-state index is 2.34. The number of unbranched alkanes of at least 4 members (excludes halogenated alkanes) is 9. The summed E-state index contributed by atoms with van der Waals surface area (Å²) in [4.78, 5) is 0. The first-order valence-electron chi connectivity index (χ1n) is 15.6. The molecule has 0 saturated heterocycles. The average molecular weight is 520 g/mol. The molecule has 1 heterocycles. The summed E-state index contributed by atoms with van der Waals surface area (Å²) in [7, 11) is 0. The lowest BCUT2D eigenvalue weighted by Crippen LogP contribution is -2.66. The number of rotatable bonds is 15. The number of aryl methyl sites for hydroxylation is 1. The molecule has 39 heavy (non-hydrogen) atoms. The highest BCUT2D eigenvalue weighted by atomic mass is 14.9. The standard InChI is InChI=1S/C30H40B.C7H10N/c1-2-3-4-5-6-7-8-9-10-20-27-31(28-21-14-11-15-22-28,29-23-16-12-17-24-29)30-25-18-13-19-26-30;1-2-8-6-4-3-5-7-8/h11-19,21-26H,2-10,20,27H2,1H3;3-7H,2H2,1H3/q-1;+1. The zero-order chi connectivity index (χ0) is 27.4. The van der Waals surface area contributed by atoms with Gasteiger partial charge in [-0.3, -0.25) is 0 Å². The van der Waals surface area contributed by atoms with Crippen molar-refractivity contribution in [3.8, 4) is 0 Å². The van der Waals surface area contributed by atoms with Crippen LogP contribution in [0.25, 0.3) is 0 Å². The van der Waals surface area contributed by atoms with Gasteiger partial charge in [-0.05, 0) is 6.92 Å². The molecule has 0 spiro atoms. The molecule has 0 aliphatic heterocycles. The lowest BCUT2D eigenvalue weighted by Gasteiger charge is -2.43. The maximum atomic E-state index is 2.34. The fourth-order valence-corrected chi connectivity index (χ4v) is 6.01. The van der Waals surface area contributed by atoms with Crippen LogP contribution in [0.3, 0.4) is 0 Å². The number of benzene rings is 3. The van der Waals surface area contributed by atoms with Gasteiger partial charge >= 0.3 is 0 Å². The Balaban J connectivity index is 0.000000449. The maximum Gasteiger partial charge on any atom is 0.168 e. The van der Waals surface area contributed by atoms with Gasteiger partial charge in [0.2, 0.25) is 0 Å². The van der Waals surface area contributed by atoms with Crippen LogP contribution in [0, 0.1) is 0 Å². The lowest BCUT2D eigenvalue weighted by atomic mass is 9.14. The van der Waals surface area contributed by atoms with E-state index in [0.717, 1.165) is 6.54 Å². The fraction of sp³-hybridized carbons (Fsp3) is 0.378. The van der Waals surface area contributed by atoms with E-state index in [4.69, 9.17) is 0 Å². The third-order valence-electron chi connectivity index (χ3n) is 8.24. The Bertz CT molecular complexity index is 1020. The molecule has 0 aliphatic carbocycles. The molecule has 0 fully saturated rings. The van der Waals surface area contributed by atoms with Crippen molar-refractivity contribution in [3.05, 3.63) is 122 Å². The first-order chi connectivity index (χ1) is 19.3. The molecule has 0 atom stereocenters. The summed E-state index contributed by atoms with van der Waals surface area (Å²) in [5.74, 6) is 0. The molecule has 3 aromatic carbocycles. The van der Waals surface area contributed by atoms with Gasteiger partial charge in [-0.2, -0.15) is 22.7 Å². The number of aromatic nitrogens is 1. The van der Waals surface area contributed by atoms with E-state index in [2.05, 4.69) is 122 Å². The Morgan fingerprint density at radius 1 is 0.436 bits per heavy atom. The Morgan fingerprint density at radius 3 is 1.15 bits per heavy atom. The molecule has 2 heteroatoms. The van der Waals surface area contributed by atoms with Crippen molar-refractivity contribution < 1.29 is 4.57 Å². The minimum atomic E-state index is -0.950. The van der Waals surface area contributed by atoms with Gasteiger partial charge in [0.15, 0.2) is 12.4 Å². The molecule has 1 aromatic heterocycles. The Morgan fingerprint density at radius 2 is 0.795 bits per heavy atom. The van der Waals surface area contributed by atoms with E-state index in [1.807, 2.05) is 18.2 Å². The van der Waals surface area contributed by atoms with E-state index in [1.165, 1.54) is 86.9 Å². The predicted octanol–water partition coefficient (Wildman–Crippen LogP) is 8.07. The van der Waals surface area contributed by atoms with E-state index in [9.17, 15) is 0 Å². The molecule has 0 N–H and O–H groups in total. The molecule has 1 nitrogen and oxygen atoms in total. The molecule has 206 valence electrons. The molecular formula is C37H50BN. The van der Waals surface area contributed by atoms with E-state index >= 15 is 0 Å². The third kappa shape index (κ3) is 9.84. The summed E-state index contributed by atoms with van der Waals surface area (Å²) in [6, 6.07) is 39.8. The summed E-state index contributed by atoms with van der Waals surface area (Å²) >= 11 is 0. The van der Waals surface area contributed by atoms with Crippen LogP contribution >= 0.6 is 0 Å². The van der Waals surface area contributed by atoms with Crippen molar-refractivity contribution in [2.24, 2.45) is 0 Å². The van der Waals surface area contributed by atoms with Crippen LogP contribution in [0.15, 0.2) is 122 Å². The van der Waals surface area contributed by atoms with Crippen molar-refractivity contribution in [2.75, 3.05) is 0 Å². The highest BCUT2D eigenvalue weighted by Crippen LogP contribution is 2.19. The van der Waals surface area contributed by atoms with Gasteiger partial charge in [0.1, 0.15) is 6.54 Å². The number of hydrogen-bond donors (Lipinski definition) is 0. The zero-order valence-electron chi connectivity index (χ0n) is 24.6. The van der Waals surface area contributed by atoms with E-state index in [0.29, 0.717) is 0 Å². The summed E-state index contributed by atoms with van der Waals surface area (Å²) in [6.45, 7) is 5.47. The molecule has 0 saturated carbocycles. The molecule has 0 radical (unpaired) electrons. The van der Waals surface area contributed by atoms with Gasteiger partial charge in [0.05, 0.1) is 6.15 Å².